The maximum absolute atomic E-state index is 6.70. The van der Waals surface area contributed by atoms with Crippen LogP contribution in [0.5, 0.6) is 0 Å². The second-order valence-corrected chi connectivity index (χ2v) is 12.7. The van der Waals surface area contributed by atoms with Crippen LogP contribution in [0.1, 0.15) is 35.4 Å². The molecule has 2 heteroatoms. The summed E-state index contributed by atoms with van der Waals surface area (Å²) in [5.74, 6) is 1.53. The predicted octanol–water partition coefficient (Wildman–Crippen LogP) is 7.47. The second-order valence-electron chi connectivity index (χ2n) is 8.26. The molecular weight excluding hydrogens is 356 g/mol. The van der Waals surface area contributed by atoms with E-state index in [1.165, 1.54) is 16.7 Å². The lowest BCUT2D eigenvalue weighted by molar-refractivity contribution is 0.367. The molecule has 0 amide bonds. The minimum atomic E-state index is -1.78. The molecule has 0 aliphatic rings. The molecule has 0 radical (unpaired) electrons. The van der Waals surface area contributed by atoms with E-state index in [4.69, 9.17) is 4.43 Å². The number of hydrogen-bond donors (Lipinski definition) is 0. The maximum Gasteiger partial charge on any atom is 0.241 e. The molecule has 0 aliphatic heterocycles. The van der Waals surface area contributed by atoms with Gasteiger partial charge < -0.3 is 4.43 Å². The van der Waals surface area contributed by atoms with Crippen molar-refractivity contribution in [1.29, 1.82) is 0 Å². The summed E-state index contributed by atoms with van der Waals surface area (Å²) in [7, 11) is -1.78. The fourth-order valence-corrected chi connectivity index (χ4v) is 4.45. The summed E-state index contributed by atoms with van der Waals surface area (Å²) in [5.41, 5.74) is 3.80. The van der Waals surface area contributed by atoms with E-state index in [2.05, 4.69) is 124 Å². The highest BCUT2D eigenvalue weighted by Gasteiger charge is 2.29. The van der Waals surface area contributed by atoms with Gasteiger partial charge in [0.25, 0.3) is 0 Å². The van der Waals surface area contributed by atoms with Gasteiger partial charge in [-0.3, -0.25) is 0 Å². The maximum atomic E-state index is 6.70. The molecule has 3 rings (SSSR count). The molecule has 28 heavy (non-hydrogen) atoms. The average molecular weight is 387 g/mol. The van der Waals surface area contributed by atoms with Gasteiger partial charge in [0.1, 0.15) is 0 Å². The van der Waals surface area contributed by atoms with Gasteiger partial charge in [0.2, 0.25) is 8.32 Å². The monoisotopic (exact) mass is 386 g/mol. The van der Waals surface area contributed by atoms with Gasteiger partial charge in [-0.2, -0.15) is 0 Å². The minimum Gasteiger partial charge on any atom is -0.547 e. The lowest BCUT2D eigenvalue weighted by Crippen LogP contribution is -2.28. The van der Waals surface area contributed by atoms with Gasteiger partial charge in [-0.1, -0.05) is 97.9 Å². The van der Waals surface area contributed by atoms with Gasteiger partial charge in [-0.15, -0.1) is 0 Å². The van der Waals surface area contributed by atoms with Crippen LogP contribution in [0.25, 0.3) is 6.08 Å². The zero-order valence-electron chi connectivity index (χ0n) is 17.3. The van der Waals surface area contributed by atoms with Crippen molar-refractivity contribution in [3.05, 3.63) is 113 Å². The van der Waals surface area contributed by atoms with Crippen molar-refractivity contribution in [2.75, 3.05) is 0 Å². The van der Waals surface area contributed by atoms with E-state index in [1.807, 2.05) is 0 Å². The molecule has 2 atom stereocenters. The Morgan fingerprint density at radius 2 is 1.18 bits per heavy atom. The summed E-state index contributed by atoms with van der Waals surface area (Å²) in [6, 6.07) is 32.0. The Balaban J connectivity index is 2.12. The first-order chi connectivity index (χ1) is 13.4. The van der Waals surface area contributed by atoms with E-state index in [9.17, 15) is 0 Å². The third kappa shape index (κ3) is 5.46. The number of rotatable bonds is 7. The van der Waals surface area contributed by atoms with E-state index in [1.54, 1.807) is 0 Å². The topological polar surface area (TPSA) is 9.23 Å². The predicted molar refractivity (Wildman–Crippen MR) is 123 cm³/mol. The lowest BCUT2D eigenvalue weighted by atomic mass is 9.81. The molecule has 3 aromatic carbocycles. The molecule has 3 aromatic rings. The molecule has 0 saturated carbocycles. The van der Waals surface area contributed by atoms with Gasteiger partial charge in [0.15, 0.2) is 0 Å². The van der Waals surface area contributed by atoms with Crippen LogP contribution in [0.3, 0.4) is 0 Å². The van der Waals surface area contributed by atoms with Crippen LogP contribution < -0.4 is 0 Å². The SMILES string of the molecule is CC(c1ccccc1)C(/C(=C/c1ccccc1)O[Si](C)(C)C)c1ccccc1. The van der Waals surface area contributed by atoms with Gasteiger partial charge >= 0.3 is 0 Å². The largest absolute Gasteiger partial charge is 0.547 e. The summed E-state index contributed by atoms with van der Waals surface area (Å²) >= 11 is 0. The van der Waals surface area contributed by atoms with Crippen molar-refractivity contribution in [2.24, 2.45) is 0 Å². The summed E-state index contributed by atoms with van der Waals surface area (Å²) < 4.78 is 6.70. The fraction of sp³-hybridized carbons (Fsp3) is 0.231. The standard InChI is InChI=1S/C26H30OSi/c1-21(23-16-10-6-11-17-23)26(24-18-12-7-13-19-24)25(27-28(2,3)4)20-22-14-8-5-9-15-22/h5-21,26H,1-4H3/b25-20-. The zero-order chi connectivity index (χ0) is 20.0. The molecule has 0 spiro atoms. The highest BCUT2D eigenvalue weighted by molar-refractivity contribution is 6.70. The molecule has 0 aliphatic carbocycles. The first-order valence-electron chi connectivity index (χ1n) is 9.99. The second kappa shape index (κ2) is 9.07. The van der Waals surface area contributed by atoms with Crippen LogP contribution in [0.2, 0.25) is 19.6 Å². The van der Waals surface area contributed by atoms with Gasteiger partial charge in [-0.25, -0.2) is 0 Å². The Morgan fingerprint density at radius 1 is 0.714 bits per heavy atom. The Kier molecular flexibility index (Phi) is 6.53. The van der Waals surface area contributed by atoms with Crippen molar-refractivity contribution in [3.8, 4) is 0 Å². The minimum absolute atomic E-state index is 0.163. The van der Waals surface area contributed by atoms with Crippen molar-refractivity contribution >= 4 is 14.4 Å². The van der Waals surface area contributed by atoms with E-state index in [0.29, 0.717) is 5.92 Å². The Morgan fingerprint density at radius 3 is 1.68 bits per heavy atom. The highest BCUT2D eigenvalue weighted by Crippen LogP contribution is 2.40. The van der Waals surface area contributed by atoms with Crippen molar-refractivity contribution in [1.82, 2.24) is 0 Å². The number of hydrogen-bond acceptors (Lipinski definition) is 1. The Bertz CT molecular complexity index is 880. The van der Waals surface area contributed by atoms with Crippen molar-refractivity contribution in [3.63, 3.8) is 0 Å². The smallest absolute Gasteiger partial charge is 0.241 e. The van der Waals surface area contributed by atoms with Crippen LogP contribution in [0.4, 0.5) is 0 Å². The van der Waals surface area contributed by atoms with E-state index >= 15 is 0 Å². The molecule has 0 N–H and O–H groups in total. The molecular formula is C26H30OSi. The Labute approximate surface area is 170 Å². The van der Waals surface area contributed by atoms with Crippen LogP contribution in [-0.4, -0.2) is 8.32 Å². The summed E-state index contributed by atoms with van der Waals surface area (Å²) in [6.07, 6.45) is 2.23. The van der Waals surface area contributed by atoms with E-state index < -0.39 is 8.32 Å². The molecule has 0 fully saturated rings. The average Bonchev–Trinajstić information content (AvgIpc) is 2.69. The van der Waals surface area contributed by atoms with Crippen molar-refractivity contribution in [2.45, 2.75) is 38.4 Å². The molecule has 1 nitrogen and oxygen atoms in total. The highest BCUT2D eigenvalue weighted by atomic mass is 28.4. The number of allylic oxidation sites excluding steroid dienone is 1. The van der Waals surface area contributed by atoms with Gasteiger partial charge in [0.05, 0.1) is 5.76 Å². The quantitative estimate of drug-likeness (QED) is 0.302. The molecule has 2 unspecified atom stereocenters. The van der Waals surface area contributed by atoms with Crippen molar-refractivity contribution < 1.29 is 4.43 Å². The molecule has 0 heterocycles. The van der Waals surface area contributed by atoms with Gasteiger partial charge in [0, 0.05) is 5.92 Å². The molecule has 144 valence electrons. The summed E-state index contributed by atoms with van der Waals surface area (Å²) in [6.45, 7) is 9.06. The van der Waals surface area contributed by atoms with Crippen LogP contribution in [0, 0.1) is 0 Å². The van der Waals surface area contributed by atoms with E-state index in [-0.39, 0.29) is 5.92 Å². The fourth-order valence-electron chi connectivity index (χ4n) is 3.56. The number of benzene rings is 3. The van der Waals surface area contributed by atoms with Gasteiger partial charge in [-0.05, 0) is 48.3 Å². The van der Waals surface area contributed by atoms with E-state index in [0.717, 1.165) is 5.76 Å². The molecule has 0 saturated heterocycles. The third-order valence-corrected chi connectivity index (χ3v) is 5.67. The molecule has 0 aromatic heterocycles. The third-order valence-electron chi connectivity index (χ3n) is 4.82. The Hall–Kier alpha value is -2.58. The van der Waals surface area contributed by atoms with Crippen LogP contribution in [0.15, 0.2) is 96.8 Å². The first-order valence-corrected chi connectivity index (χ1v) is 13.4. The zero-order valence-corrected chi connectivity index (χ0v) is 18.3. The molecule has 0 bridgehead atoms. The lowest BCUT2D eigenvalue weighted by Gasteiger charge is -2.32. The van der Waals surface area contributed by atoms with Crippen LogP contribution >= 0.6 is 0 Å². The summed E-state index contributed by atoms with van der Waals surface area (Å²) in [4.78, 5) is 0. The first kappa shape index (κ1) is 20.2. The van der Waals surface area contributed by atoms with Crippen LogP contribution in [-0.2, 0) is 4.43 Å². The summed E-state index contributed by atoms with van der Waals surface area (Å²) in [5, 5.41) is 0. The normalized spacial score (nSPS) is 14.4.